The lowest BCUT2D eigenvalue weighted by molar-refractivity contribution is -0.358. The number of halogens is 4. The van der Waals surface area contributed by atoms with Gasteiger partial charge in [-0.25, -0.2) is 8.78 Å². The van der Waals surface area contributed by atoms with E-state index in [0.717, 1.165) is 57.4 Å². The van der Waals surface area contributed by atoms with E-state index in [0.29, 0.717) is 17.4 Å². The maximum atomic E-state index is 15.8. The molecular weight excluding hydrogens is 464 g/mol. The van der Waals surface area contributed by atoms with Gasteiger partial charge < -0.3 is 4.74 Å². The monoisotopic (exact) mass is 512 g/mol. The van der Waals surface area contributed by atoms with E-state index in [9.17, 15) is 8.78 Å². The van der Waals surface area contributed by atoms with Crippen LogP contribution in [0.4, 0.5) is 17.6 Å². The topological polar surface area (TPSA) is 9.23 Å². The van der Waals surface area contributed by atoms with Crippen LogP contribution >= 0.6 is 0 Å². The minimum atomic E-state index is -3.23. The third kappa shape index (κ3) is 5.81. The molecule has 2 saturated carbocycles. The molecule has 1 aromatic rings. The van der Waals surface area contributed by atoms with E-state index < -0.39 is 34.2 Å². The van der Waals surface area contributed by atoms with Crippen LogP contribution < -0.4 is 0 Å². The first-order chi connectivity index (χ1) is 16.5. The smallest absolute Gasteiger partial charge is 0.314 e. The summed E-state index contributed by atoms with van der Waals surface area (Å²) < 4.78 is 65.7. The Hall–Kier alpha value is -1.10. The molecule has 5 heteroatoms. The van der Waals surface area contributed by atoms with Crippen molar-refractivity contribution in [2.24, 2.45) is 35.0 Å². The molecule has 1 aromatic carbocycles. The number of alkyl halides is 2. The molecule has 0 heterocycles. The third-order valence-electron chi connectivity index (χ3n) is 10.3. The van der Waals surface area contributed by atoms with Gasteiger partial charge in [-0.15, -0.1) is 0 Å². The van der Waals surface area contributed by atoms with Crippen LogP contribution in [-0.2, 0) is 10.2 Å². The van der Waals surface area contributed by atoms with Crippen LogP contribution in [-0.4, -0.2) is 11.7 Å². The van der Waals surface area contributed by atoms with Crippen LogP contribution in [0.2, 0.25) is 0 Å². The van der Waals surface area contributed by atoms with Crippen molar-refractivity contribution in [2.45, 2.75) is 124 Å². The average molecular weight is 513 g/mol. The second-order valence-electron chi connectivity index (χ2n) is 13.7. The van der Waals surface area contributed by atoms with Gasteiger partial charge in [0.05, 0.1) is 11.0 Å². The summed E-state index contributed by atoms with van der Waals surface area (Å²) in [5, 5.41) is 0. The SMILES string of the molecule is CC(C)C1CCC(C(C)(C)C(F)(F)OC(C)(C)C2CCC(C(C)(C)c3cccc(F)c3F)CC2)CC1. The highest BCUT2D eigenvalue weighted by Crippen LogP contribution is 2.53. The minimum absolute atomic E-state index is 0.0136. The van der Waals surface area contributed by atoms with Gasteiger partial charge in [0.2, 0.25) is 0 Å². The summed E-state index contributed by atoms with van der Waals surface area (Å²) in [6, 6.07) is 4.36. The molecule has 0 bridgehead atoms. The summed E-state index contributed by atoms with van der Waals surface area (Å²) in [6.45, 7) is 15.3. The molecule has 0 saturated heterocycles. The number of hydrogen-bond acceptors (Lipinski definition) is 1. The number of rotatable bonds is 8. The van der Waals surface area contributed by atoms with Gasteiger partial charge in [0.15, 0.2) is 11.6 Å². The molecule has 2 aliphatic rings. The first kappa shape index (κ1) is 29.5. The maximum absolute atomic E-state index is 15.8. The van der Waals surface area contributed by atoms with Crippen molar-refractivity contribution < 1.29 is 22.3 Å². The van der Waals surface area contributed by atoms with Crippen molar-refractivity contribution in [3.8, 4) is 0 Å². The second kappa shape index (κ2) is 10.6. The molecule has 2 fully saturated rings. The van der Waals surface area contributed by atoms with Gasteiger partial charge >= 0.3 is 6.11 Å². The molecule has 206 valence electrons. The summed E-state index contributed by atoms with van der Waals surface area (Å²) in [7, 11) is 0. The van der Waals surface area contributed by atoms with Crippen LogP contribution in [0.15, 0.2) is 18.2 Å². The first-order valence-electron chi connectivity index (χ1n) is 14.0. The fraction of sp³-hybridized carbons (Fsp3) is 0.806. The van der Waals surface area contributed by atoms with Gasteiger partial charge in [-0.1, -0.05) is 53.7 Å². The largest absolute Gasteiger partial charge is 0.361 e. The van der Waals surface area contributed by atoms with Crippen LogP contribution in [0.1, 0.15) is 112 Å². The molecule has 0 amide bonds. The van der Waals surface area contributed by atoms with Gasteiger partial charge in [0.25, 0.3) is 0 Å². The van der Waals surface area contributed by atoms with Gasteiger partial charge in [0, 0.05) is 0 Å². The highest BCUT2D eigenvalue weighted by atomic mass is 19.3. The molecule has 0 radical (unpaired) electrons. The Kier molecular flexibility index (Phi) is 8.65. The van der Waals surface area contributed by atoms with Crippen LogP contribution in [0.25, 0.3) is 0 Å². The van der Waals surface area contributed by atoms with Crippen molar-refractivity contribution >= 4 is 0 Å². The Bertz CT molecular complexity index is 873. The summed E-state index contributed by atoms with van der Waals surface area (Å²) in [6.07, 6.45) is 3.45. The summed E-state index contributed by atoms with van der Waals surface area (Å²) in [5.41, 5.74) is -2.36. The standard InChI is InChI=1S/C31H48F4O/c1-20(2)21-12-14-23(15-13-21)29(5,6)31(34,35)36-30(7,8)24-18-16-22(17-19-24)28(3,4)25-10-9-11-26(32)27(25)33/h9-11,20-24H,12-19H2,1-8H3. The van der Waals surface area contributed by atoms with Crippen molar-refractivity contribution in [1.29, 1.82) is 0 Å². The van der Waals surface area contributed by atoms with E-state index in [1.54, 1.807) is 39.8 Å². The average Bonchev–Trinajstić information content (AvgIpc) is 2.80. The Morgan fingerprint density at radius 3 is 1.78 bits per heavy atom. The normalized spacial score (nSPS) is 26.9. The molecule has 36 heavy (non-hydrogen) atoms. The molecule has 0 spiro atoms. The lowest BCUT2D eigenvalue weighted by Crippen LogP contribution is -2.52. The predicted octanol–water partition coefficient (Wildman–Crippen LogP) is 9.93. The zero-order chi connectivity index (χ0) is 27.1. The summed E-state index contributed by atoms with van der Waals surface area (Å²) >= 11 is 0. The minimum Gasteiger partial charge on any atom is -0.314 e. The van der Waals surface area contributed by atoms with Gasteiger partial charge in [-0.3, -0.25) is 0 Å². The molecule has 2 aliphatic carbocycles. The Morgan fingerprint density at radius 2 is 1.25 bits per heavy atom. The Balaban J connectivity index is 1.64. The zero-order valence-electron chi connectivity index (χ0n) is 23.7. The predicted molar refractivity (Wildman–Crippen MR) is 139 cm³/mol. The summed E-state index contributed by atoms with van der Waals surface area (Å²) in [4.78, 5) is 0. The van der Waals surface area contributed by atoms with Crippen LogP contribution in [0.5, 0.6) is 0 Å². The van der Waals surface area contributed by atoms with Gasteiger partial charge in [0.1, 0.15) is 0 Å². The fourth-order valence-electron chi connectivity index (χ4n) is 7.02. The van der Waals surface area contributed by atoms with E-state index in [4.69, 9.17) is 4.74 Å². The molecule has 1 nitrogen and oxygen atoms in total. The van der Waals surface area contributed by atoms with Gasteiger partial charge in [-0.05, 0) is 112 Å². The van der Waals surface area contributed by atoms with Crippen LogP contribution in [0.3, 0.4) is 0 Å². The van der Waals surface area contributed by atoms with E-state index in [1.807, 2.05) is 13.8 Å². The van der Waals surface area contributed by atoms with Crippen LogP contribution in [0, 0.1) is 46.6 Å². The van der Waals surface area contributed by atoms with Gasteiger partial charge in [-0.2, -0.15) is 8.78 Å². The van der Waals surface area contributed by atoms with E-state index in [1.165, 1.54) is 0 Å². The second-order valence-corrected chi connectivity index (χ2v) is 13.7. The van der Waals surface area contributed by atoms with Crippen molar-refractivity contribution in [3.63, 3.8) is 0 Å². The highest BCUT2D eigenvalue weighted by Gasteiger charge is 2.56. The molecule has 0 aliphatic heterocycles. The fourth-order valence-corrected chi connectivity index (χ4v) is 7.02. The first-order valence-corrected chi connectivity index (χ1v) is 14.0. The van der Waals surface area contributed by atoms with E-state index in [-0.39, 0.29) is 17.8 Å². The summed E-state index contributed by atoms with van der Waals surface area (Å²) in [5.74, 6) is -0.306. The van der Waals surface area contributed by atoms with E-state index in [2.05, 4.69) is 13.8 Å². The maximum Gasteiger partial charge on any atom is 0.361 e. The number of benzene rings is 1. The number of ether oxygens (including phenoxy) is 1. The van der Waals surface area contributed by atoms with Crippen molar-refractivity contribution in [2.75, 3.05) is 0 Å². The molecule has 0 aromatic heterocycles. The Morgan fingerprint density at radius 1 is 0.750 bits per heavy atom. The highest BCUT2D eigenvalue weighted by molar-refractivity contribution is 5.27. The molecule has 3 rings (SSSR count). The van der Waals surface area contributed by atoms with Crippen molar-refractivity contribution in [1.82, 2.24) is 0 Å². The van der Waals surface area contributed by atoms with E-state index >= 15 is 8.78 Å². The molecule has 0 unspecified atom stereocenters. The number of hydrogen-bond donors (Lipinski definition) is 0. The lowest BCUT2D eigenvalue weighted by Gasteiger charge is -2.49. The zero-order valence-corrected chi connectivity index (χ0v) is 23.7. The molecule has 0 atom stereocenters. The molecule has 0 N–H and O–H groups in total. The Labute approximate surface area is 216 Å². The quantitative estimate of drug-likeness (QED) is 0.315. The van der Waals surface area contributed by atoms with Crippen molar-refractivity contribution in [3.05, 3.63) is 35.4 Å². The lowest BCUT2D eigenvalue weighted by atomic mass is 9.63. The molecular formula is C31H48F4O. The third-order valence-corrected chi connectivity index (χ3v) is 10.3.